The number of hydrogen-bond donors (Lipinski definition) is 4. The number of carbonyl (C=O) groups excluding carboxylic acids is 1. The lowest BCUT2D eigenvalue weighted by Gasteiger charge is -2.21. The minimum absolute atomic E-state index is 0.205. The number of rotatable bonds is 3. The zero-order chi connectivity index (χ0) is 13.7. The lowest BCUT2D eigenvalue weighted by Crippen LogP contribution is -2.43. The molecule has 1 fully saturated rings. The van der Waals surface area contributed by atoms with Gasteiger partial charge in [0.2, 0.25) is 0 Å². The van der Waals surface area contributed by atoms with Gasteiger partial charge in [-0.05, 0) is 12.8 Å². The molecular formula is C12H19N5O2. The molecule has 2 rings (SSSR count). The molecule has 5 N–H and O–H groups in total. The van der Waals surface area contributed by atoms with Gasteiger partial charge in [-0.1, -0.05) is 19.3 Å². The second-order valence-electron chi connectivity index (χ2n) is 4.72. The summed E-state index contributed by atoms with van der Waals surface area (Å²) in [6.45, 7) is 0. The molecule has 0 saturated heterocycles. The van der Waals surface area contributed by atoms with E-state index < -0.39 is 6.10 Å². The van der Waals surface area contributed by atoms with Gasteiger partial charge in [0, 0.05) is 0 Å². The number of aromatic nitrogens is 2. The van der Waals surface area contributed by atoms with E-state index in [1.54, 1.807) is 0 Å². The van der Waals surface area contributed by atoms with Crippen LogP contribution in [0.2, 0.25) is 0 Å². The first-order valence-electron chi connectivity index (χ1n) is 6.48. The van der Waals surface area contributed by atoms with Crippen LogP contribution in [-0.2, 0) is 0 Å². The predicted octanol–water partition coefficient (Wildman–Crippen LogP) is 0.186. The lowest BCUT2D eigenvalue weighted by atomic mass is 10.1. The van der Waals surface area contributed by atoms with E-state index in [9.17, 15) is 9.90 Å². The molecule has 7 heteroatoms. The highest BCUT2D eigenvalue weighted by molar-refractivity contribution is 5.92. The largest absolute Gasteiger partial charge is 0.391 e. The van der Waals surface area contributed by atoms with Gasteiger partial charge in [0.1, 0.15) is 5.69 Å². The third-order valence-corrected chi connectivity index (χ3v) is 3.33. The summed E-state index contributed by atoms with van der Waals surface area (Å²) in [5.74, 6) is 5.25. The fourth-order valence-electron chi connectivity index (χ4n) is 2.22. The number of nitrogens with zero attached hydrogens (tertiary/aromatic N) is 2. The number of carbonyl (C=O) groups is 1. The Kier molecular flexibility index (Phi) is 4.64. The van der Waals surface area contributed by atoms with E-state index in [0.29, 0.717) is 5.82 Å². The zero-order valence-corrected chi connectivity index (χ0v) is 10.7. The summed E-state index contributed by atoms with van der Waals surface area (Å²) in [4.78, 5) is 19.9. The maximum absolute atomic E-state index is 12.0. The first kappa shape index (κ1) is 13.7. The Bertz CT molecular complexity index is 423. The molecule has 1 aromatic rings. The number of amides is 1. The number of aliphatic hydroxyl groups is 1. The minimum atomic E-state index is -0.482. The van der Waals surface area contributed by atoms with E-state index in [2.05, 4.69) is 20.7 Å². The highest BCUT2D eigenvalue weighted by atomic mass is 16.3. The summed E-state index contributed by atoms with van der Waals surface area (Å²) in [6.07, 6.45) is 6.90. The van der Waals surface area contributed by atoms with Crippen molar-refractivity contribution in [1.29, 1.82) is 0 Å². The number of nitrogens with one attached hydrogen (secondary N) is 2. The molecule has 19 heavy (non-hydrogen) atoms. The van der Waals surface area contributed by atoms with Gasteiger partial charge in [0.25, 0.3) is 5.91 Å². The number of anilines is 1. The molecule has 2 atom stereocenters. The van der Waals surface area contributed by atoms with Crippen LogP contribution in [-0.4, -0.2) is 33.1 Å². The van der Waals surface area contributed by atoms with Crippen molar-refractivity contribution in [3.8, 4) is 0 Å². The van der Waals surface area contributed by atoms with Gasteiger partial charge in [-0.25, -0.2) is 15.8 Å². The zero-order valence-electron chi connectivity index (χ0n) is 10.7. The van der Waals surface area contributed by atoms with Crippen LogP contribution >= 0.6 is 0 Å². The van der Waals surface area contributed by atoms with E-state index in [-0.39, 0.29) is 17.6 Å². The molecule has 1 aromatic heterocycles. The first-order valence-corrected chi connectivity index (χ1v) is 6.48. The molecule has 1 heterocycles. The van der Waals surface area contributed by atoms with Gasteiger partial charge in [-0.3, -0.25) is 4.79 Å². The molecule has 1 saturated carbocycles. The van der Waals surface area contributed by atoms with Crippen LogP contribution in [0.5, 0.6) is 0 Å². The quantitative estimate of drug-likeness (QED) is 0.352. The molecule has 1 aliphatic carbocycles. The molecule has 0 bridgehead atoms. The fourth-order valence-corrected chi connectivity index (χ4v) is 2.22. The van der Waals surface area contributed by atoms with E-state index >= 15 is 0 Å². The Balaban J connectivity index is 1.98. The Morgan fingerprint density at radius 1 is 1.26 bits per heavy atom. The van der Waals surface area contributed by atoms with Crippen LogP contribution in [0.25, 0.3) is 0 Å². The van der Waals surface area contributed by atoms with Gasteiger partial charge >= 0.3 is 0 Å². The van der Waals surface area contributed by atoms with Crippen LogP contribution in [0.15, 0.2) is 12.4 Å². The molecule has 0 radical (unpaired) electrons. The van der Waals surface area contributed by atoms with Crippen molar-refractivity contribution in [1.82, 2.24) is 15.3 Å². The van der Waals surface area contributed by atoms with Crippen LogP contribution in [0.1, 0.15) is 42.6 Å². The van der Waals surface area contributed by atoms with Crippen molar-refractivity contribution < 1.29 is 9.90 Å². The van der Waals surface area contributed by atoms with E-state index in [1.165, 1.54) is 12.4 Å². The van der Waals surface area contributed by atoms with Gasteiger partial charge in [0.05, 0.1) is 24.5 Å². The van der Waals surface area contributed by atoms with Crippen LogP contribution in [0.3, 0.4) is 0 Å². The summed E-state index contributed by atoms with van der Waals surface area (Å²) in [5, 5.41) is 12.8. The Labute approximate surface area is 111 Å². The van der Waals surface area contributed by atoms with Crippen LogP contribution in [0, 0.1) is 0 Å². The van der Waals surface area contributed by atoms with Crippen molar-refractivity contribution in [2.75, 3.05) is 5.43 Å². The summed E-state index contributed by atoms with van der Waals surface area (Å²) in [7, 11) is 0. The molecular weight excluding hydrogens is 246 g/mol. The average molecular weight is 265 g/mol. The second kappa shape index (κ2) is 6.44. The molecule has 1 aliphatic rings. The highest BCUT2D eigenvalue weighted by Gasteiger charge is 2.24. The number of nitrogen functional groups attached to an aromatic ring is 1. The normalized spacial score (nSPS) is 23.5. The molecule has 0 aliphatic heterocycles. The summed E-state index contributed by atoms with van der Waals surface area (Å²) >= 11 is 0. The van der Waals surface area contributed by atoms with Crippen molar-refractivity contribution in [2.45, 2.75) is 44.2 Å². The molecule has 7 nitrogen and oxygen atoms in total. The van der Waals surface area contributed by atoms with Crippen LogP contribution < -0.4 is 16.6 Å². The van der Waals surface area contributed by atoms with Crippen molar-refractivity contribution >= 4 is 11.7 Å². The van der Waals surface area contributed by atoms with E-state index in [4.69, 9.17) is 5.84 Å². The third kappa shape index (κ3) is 3.62. The SMILES string of the molecule is NNc1cnc(C(=O)NC2CCCCCC2O)cn1. The first-order chi connectivity index (χ1) is 9.20. The lowest BCUT2D eigenvalue weighted by molar-refractivity contribution is 0.0814. The molecule has 0 aromatic carbocycles. The van der Waals surface area contributed by atoms with E-state index in [1.807, 2.05) is 0 Å². The molecule has 0 spiro atoms. The monoisotopic (exact) mass is 265 g/mol. The predicted molar refractivity (Wildman–Crippen MR) is 70.2 cm³/mol. The second-order valence-corrected chi connectivity index (χ2v) is 4.72. The summed E-state index contributed by atoms with van der Waals surface area (Å²) in [5.41, 5.74) is 2.56. The van der Waals surface area contributed by atoms with Crippen molar-refractivity contribution in [2.24, 2.45) is 5.84 Å². The molecule has 2 unspecified atom stereocenters. The highest BCUT2D eigenvalue weighted by Crippen LogP contribution is 2.18. The van der Waals surface area contributed by atoms with Gasteiger partial charge in [0.15, 0.2) is 5.82 Å². The molecule has 104 valence electrons. The van der Waals surface area contributed by atoms with E-state index in [0.717, 1.165) is 32.1 Å². The van der Waals surface area contributed by atoms with Crippen molar-refractivity contribution in [3.63, 3.8) is 0 Å². The van der Waals surface area contributed by atoms with Gasteiger partial charge in [-0.15, -0.1) is 0 Å². The number of nitrogens with two attached hydrogens (primary N) is 1. The molecule has 1 amide bonds. The number of hydrazine groups is 1. The third-order valence-electron chi connectivity index (χ3n) is 3.33. The number of hydrogen-bond acceptors (Lipinski definition) is 6. The standard InChI is InChI=1S/C12H19N5O2/c13-17-11-7-14-9(6-15-11)12(19)16-8-4-2-1-3-5-10(8)18/h6-8,10,18H,1-5,13H2,(H,15,17)(H,16,19). The maximum atomic E-state index is 12.0. The van der Waals surface area contributed by atoms with Crippen LogP contribution in [0.4, 0.5) is 5.82 Å². The summed E-state index contributed by atoms with van der Waals surface area (Å²) < 4.78 is 0. The fraction of sp³-hybridized carbons (Fsp3) is 0.583. The minimum Gasteiger partial charge on any atom is -0.391 e. The van der Waals surface area contributed by atoms with Crippen molar-refractivity contribution in [3.05, 3.63) is 18.1 Å². The number of aliphatic hydroxyl groups excluding tert-OH is 1. The smallest absolute Gasteiger partial charge is 0.271 e. The Hall–Kier alpha value is -1.73. The Morgan fingerprint density at radius 2 is 2.05 bits per heavy atom. The topological polar surface area (TPSA) is 113 Å². The maximum Gasteiger partial charge on any atom is 0.271 e. The average Bonchev–Trinajstić information content (AvgIpc) is 2.64. The Morgan fingerprint density at radius 3 is 2.74 bits per heavy atom. The van der Waals surface area contributed by atoms with Gasteiger partial charge < -0.3 is 15.8 Å². The summed E-state index contributed by atoms with van der Waals surface area (Å²) in [6, 6.07) is -0.205. The van der Waals surface area contributed by atoms with Gasteiger partial charge in [-0.2, -0.15) is 0 Å².